The van der Waals surface area contributed by atoms with Crippen molar-refractivity contribution in [3.63, 3.8) is 0 Å². The van der Waals surface area contributed by atoms with E-state index in [4.69, 9.17) is 5.73 Å². The molecule has 1 saturated carbocycles. The fraction of sp³-hybridized carbons (Fsp3) is 0.429. The Balaban J connectivity index is 1.58. The molecular weight excluding hydrogens is 510 g/mol. The molecule has 3 atom stereocenters. The van der Waals surface area contributed by atoms with Crippen molar-refractivity contribution < 1.29 is 23.4 Å². The summed E-state index contributed by atoms with van der Waals surface area (Å²) in [7, 11) is 0. The minimum atomic E-state index is -1.30. The topological polar surface area (TPSA) is 81.8 Å². The SMILES string of the molecule is NC1CCCC1C1(O)CN(C(O)c2ccc(F)c(F)c2Nc2ccc(I)cc2F)C1. The van der Waals surface area contributed by atoms with E-state index in [-0.39, 0.29) is 42.0 Å². The molecule has 4 rings (SSSR count). The number of β-amino-alcohol motifs (C(OH)–C–C–N with tert-alkyl or cyclic N) is 1. The first kappa shape index (κ1) is 21.8. The van der Waals surface area contributed by atoms with E-state index in [1.807, 2.05) is 22.6 Å². The maximum absolute atomic E-state index is 14.6. The molecule has 1 aliphatic carbocycles. The summed E-state index contributed by atoms with van der Waals surface area (Å²) in [6, 6.07) is 6.40. The molecule has 1 saturated heterocycles. The van der Waals surface area contributed by atoms with Gasteiger partial charge in [-0.1, -0.05) is 6.42 Å². The molecule has 2 aliphatic rings. The summed E-state index contributed by atoms with van der Waals surface area (Å²) in [6.07, 6.45) is 1.34. The fourth-order valence-electron chi connectivity index (χ4n) is 4.55. The zero-order chi connectivity index (χ0) is 21.6. The minimum absolute atomic E-state index is 0.0367. The zero-order valence-electron chi connectivity index (χ0n) is 16.1. The van der Waals surface area contributed by atoms with Crippen LogP contribution in [0.4, 0.5) is 24.5 Å². The Labute approximate surface area is 186 Å². The van der Waals surface area contributed by atoms with Gasteiger partial charge in [-0.05, 0) is 65.8 Å². The van der Waals surface area contributed by atoms with Crippen LogP contribution in [0.2, 0.25) is 0 Å². The third-order valence-electron chi connectivity index (χ3n) is 6.16. The van der Waals surface area contributed by atoms with Gasteiger partial charge in [-0.2, -0.15) is 0 Å². The molecule has 2 aromatic carbocycles. The van der Waals surface area contributed by atoms with Crippen LogP contribution in [0.25, 0.3) is 0 Å². The van der Waals surface area contributed by atoms with Crippen LogP contribution < -0.4 is 11.1 Å². The Morgan fingerprint density at radius 1 is 1.13 bits per heavy atom. The van der Waals surface area contributed by atoms with Gasteiger partial charge in [-0.25, -0.2) is 13.2 Å². The third kappa shape index (κ3) is 3.93. The number of nitrogens with zero attached hydrogens (tertiary/aromatic N) is 1. The van der Waals surface area contributed by atoms with E-state index in [9.17, 15) is 23.4 Å². The smallest absolute Gasteiger partial charge is 0.182 e. The Hall–Kier alpha value is -1.40. The minimum Gasteiger partial charge on any atom is -0.387 e. The highest BCUT2D eigenvalue weighted by molar-refractivity contribution is 14.1. The largest absolute Gasteiger partial charge is 0.387 e. The molecule has 3 unspecified atom stereocenters. The highest BCUT2D eigenvalue weighted by Crippen LogP contribution is 2.43. The summed E-state index contributed by atoms with van der Waals surface area (Å²) in [6.45, 7) is 0.339. The Kier molecular flexibility index (Phi) is 6.01. The number of likely N-dealkylation sites (tertiary alicyclic amines) is 1. The number of nitrogens with two attached hydrogens (primary N) is 1. The first-order chi connectivity index (χ1) is 14.2. The van der Waals surface area contributed by atoms with Gasteiger partial charge >= 0.3 is 0 Å². The average Bonchev–Trinajstić information content (AvgIpc) is 3.11. The Morgan fingerprint density at radius 3 is 2.50 bits per heavy atom. The number of nitrogens with one attached hydrogen (secondary N) is 1. The van der Waals surface area contributed by atoms with Gasteiger partial charge in [0.15, 0.2) is 11.6 Å². The van der Waals surface area contributed by atoms with Crippen molar-refractivity contribution >= 4 is 34.0 Å². The van der Waals surface area contributed by atoms with E-state index >= 15 is 0 Å². The standard InChI is InChI=1S/C21H23F3IN3O2/c22-14-6-5-12(19(18(14)24)27-17-7-4-11(25)8-15(17)23)20(29)28-9-21(30,10-28)13-2-1-3-16(13)26/h4-8,13,16,20,27,29-30H,1-3,9-10,26H2. The second kappa shape index (κ2) is 8.27. The van der Waals surface area contributed by atoms with E-state index in [1.54, 1.807) is 11.0 Å². The summed E-state index contributed by atoms with van der Waals surface area (Å²) in [5.74, 6) is -3.00. The molecule has 0 spiro atoms. The molecule has 2 aromatic rings. The summed E-state index contributed by atoms with van der Waals surface area (Å²) < 4.78 is 43.4. The number of aliphatic hydroxyl groups excluding tert-OH is 1. The zero-order valence-corrected chi connectivity index (χ0v) is 18.2. The molecular formula is C21H23F3IN3O2. The van der Waals surface area contributed by atoms with Crippen LogP contribution in [0, 0.1) is 26.9 Å². The van der Waals surface area contributed by atoms with Crippen LogP contribution in [0.5, 0.6) is 0 Å². The van der Waals surface area contributed by atoms with Crippen molar-refractivity contribution in [1.29, 1.82) is 0 Å². The highest BCUT2D eigenvalue weighted by atomic mass is 127. The van der Waals surface area contributed by atoms with Gasteiger partial charge in [0, 0.05) is 34.2 Å². The van der Waals surface area contributed by atoms with Gasteiger partial charge in [-0.15, -0.1) is 0 Å². The van der Waals surface area contributed by atoms with Crippen LogP contribution in [0.15, 0.2) is 30.3 Å². The quantitative estimate of drug-likeness (QED) is 0.442. The molecule has 30 heavy (non-hydrogen) atoms. The summed E-state index contributed by atoms with van der Waals surface area (Å²) in [5, 5.41) is 24.3. The average molecular weight is 533 g/mol. The molecule has 162 valence electrons. The molecule has 5 N–H and O–H groups in total. The lowest BCUT2D eigenvalue weighted by atomic mass is 9.77. The van der Waals surface area contributed by atoms with Crippen molar-refractivity contribution in [1.82, 2.24) is 4.90 Å². The van der Waals surface area contributed by atoms with Gasteiger partial charge in [0.2, 0.25) is 0 Å². The molecule has 9 heteroatoms. The Bertz CT molecular complexity index is 955. The first-order valence-electron chi connectivity index (χ1n) is 9.79. The van der Waals surface area contributed by atoms with Crippen LogP contribution in [0.3, 0.4) is 0 Å². The number of halogens is 4. The lowest BCUT2D eigenvalue weighted by Gasteiger charge is -2.52. The fourth-order valence-corrected chi connectivity index (χ4v) is 5.00. The third-order valence-corrected chi connectivity index (χ3v) is 6.83. The molecule has 5 nitrogen and oxygen atoms in total. The number of hydrogen-bond acceptors (Lipinski definition) is 5. The highest BCUT2D eigenvalue weighted by Gasteiger charge is 2.52. The number of benzene rings is 2. The van der Waals surface area contributed by atoms with Gasteiger partial charge in [0.1, 0.15) is 12.0 Å². The predicted molar refractivity (Wildman–Crippen MR) is 116 cm³/mol. The van der Waals surface area contributed by atoms with Crippen LogP contribution >= 0.6 is 22.6 Å². The van der Waals surface area contributed by atoms with E-state index < -0.39 is 29.3 Å². The molecule has 0 bridgehead atoms. The second-order valence-corrected chi connectivity index (χ2v) is 9.40. The van der Waals surface area contributed by atoms with Crippen molar-refractivity contribution in [3.05, 3.63) is 56.9 Å². The summed E-state index contributed by atoms with van der Waals surface area (Å²) in [4.78, 5) is 1.56. The van der Waals surface area contributed by atoms with Crippen LogP contribution in [-0.2, 0) is 0 Å². The maximum atomic E-state index is 14.6. The summed E-state index contributed by atoms with van der Waals surface area (Å²) >= 11 is 1.94. The molecule has 1 heterocycles. The monoisotopic (exact) mass is 533 g/mol. The van der Waals surface area contributed by atoms with E-state index in [2.05, 4.69) is 5.32 Å². The molecule has 2 fully saturated rings. The number of anilines is 2. The number of hydrogen-bond donors (Lipinski definition) is 4. The van der Waals surface area contributed by atoms with E-state index in [0.29, 0.717) is 3.57 Å². The second-order valence-electron chi connectivity index (χ2n) is 8.16. The van der Waals surface area contributed by atoms with Gasteiger partial charge in [0.25, 0.3) is 0 Å². The van der Waals surface area contributed by atoms with Crippen molar-refractivity contribution in [2.75, 3.05) is 18.4 Å². The summed E-state index contributed by atoms with van der Waals surface area (Å²) in [5.41, 5.74) is 4.78. The molecule has 0 aromatic heterocycles. The lowest BCUT2D eigenvalue weighted by Crippen LogP contribution is -2.67. The number of rotatable bonds is 5. The van der Waals surface area contributed by atoms with Crippen molar-refractivity contribution in [3.8, 4) is 0 Å². The van der Waals surface area contributed by atoms with E-state index in [0.717, 1.165) is 25.3 Å². The molecule has 0 radical (unpaired) electrons. The first-order valence-corrected chi connectivity index (χ1v) is 10.9. The van der Waals surface area contributed by atoms with Gasteiger partial charge < -0.3 is 21.3 Å². The van der Waals surface area contributed by atoms with Crippen LogP contribution in [-0.4, -0.2) is 39.8 Å². The molecule has 0 amide bonds. The van der Waals surface area contributed by atoms with Crippen molar-refractivity contribution in [2.45, 2.75) is 37.1 Å². The maximum Gasteiger partial charge on any atom is 0.182 e. The predicted octanol–water partition coefficient (Wildman–Crippen LogP) is 3.62. The Morgan fingerprint density at radius 2 is 1.87 bits per heavy atom. The van der Waals surface area contributed by atoms with Gasteiger partial charge in [0.05, 0.1) is 17.0 Å². The lowest BCUT2D eigenvalue weighted by molar-refractivity contribution is -0.188. The number of aliphatic hydroxyl groups is 2. The van der Waals surface area contributed by atoms with E-state index in [1.165, 1.54) is 18.2 Å². The van der Waals surface area contributed by atoms with Crippen molar-refractivity contribution in [2.24, 2.45) is 11.7 Å². The van der Waals surface area contributed by atoms with Crippen LogP contribution in [0.1, 0.15) is 31.1 Å². The van der Waals surface area contributed by atoms with Gasteiger partial charge in [-0.3, -0.25) is 4.90 Å². The molecule has 1 aliphatic heterocycles. The normalized spacial score (nSPS) is 24.5.